The second-order valence-electron chi connectivity index (χ2n) is 5.10. The van der Waals surface area contributed by atoms with Gasteiger partial charge in [-0.15, -0.1) is 0 Å². The molecule has 102 valence electrons. The summed E-state index contributed by atoms with van der Waals surface area (Å²) in [7, 11) is 1.70. The molecule has 0 saturated heterocycles. The van der Waals surface area contributed by atoms with Gasteiger partial charge in [-0.3, -0.25) is 0 Å². The van der Waals surface area contributed by atoms with Gasteiger partial charge in [0.2, 0.25) is 0 Å². The standard InChI is InChI=1S/C15H25NO2/c1-6-18-15(3,4)11-16-10-13-7-8-14(17-5)12(2)9-13/h7-9,16H,6,10-11H2,1-5H3. The molecule has 0 spiro atoms. The van der Waals surface area contributed by atoms with Gasteiger partial charge in [-0.2, -0.15) is 0 Å². The van der Waals surface area contributed by atoms with Crippen LogP contribution in [0.15, 0.2) is 18.2 Å². The van der Waals surface area contributed by atoms with Gasteiger partial charge in [-0.25, -0.2) is 0 Å². The number of benzene rings is 1. The highest BCUT2D eigenvalue weighted by Crippen LogP contribution is 2.18. The SMILES string of the molecule is CCOC(C)(C)CNCc1ccc(OC)c(C)c1. The van der Waals surface area contributed by atoms with Gasteiger partial charge in [0, 0.05) is 19.7 Å². The first-order valence-corrected chi connectivity index (χ1v) is 6.46. The van der Waals surface area contributed by atoms with Crippen LogP contribution in [0.4, 0.5) is 0 Å². The number of aryl methyl sites for hydroxylation is 1. The lowest BCUT2D eigenvalue weighted by molar-refractivity contribution is -0.00897. The first kappa shape index (κ1) is 15.0. The Morgan fingerprint density at radius 2 is 2.00 bits per heavy atom. The van der Waals surface area contributed by atoms with Crippen LogP contribution < -0.4 is 10.1 Å². The Hall–Kier alpha value is -1.06. The molecule has 1 aromatic carbocycles. The third-order valence-corrected chi connectivity index (χ3v) is 2.87. The van der Waals surface area contributed by atoms with Crippen LogP contribution in [0.5, 0.6) is 5.75 Å². The molecule has 0 radical (unpaired) electrons. The van der Waals surface area contributed by atoms with E-state index < -0.39 is 0 Å². The topological polar surface area (TPSA) is 30.5 Å². The number of rotatable bonds is 7. The van der Waals surface area contributed by atoms with Crippen molar-refractivity contribution in [3.05, 3.63) is 29.3 Å². The van der Waals surface area contributed by atoms with Crippen LogP contribution in [-0.4, -0.2) is 25.9 Å². The summed E-state index contributed by atoms with van der Waals surface area (Å²) in [5.74, 6) is 0.938. The minimum atomic E-state index is -0.115. The fraction of sp³-hybridized carbons (Fsp3) is 0.600. The molecule has 3 nitrogen and oxygen atoms in total. The molecular formula is C15H25NO2. The summed E-state index contributed by atoms with van der Waals surface area (Å²) in [6.07, 6.45) is 0. The maximum atomic E-state index is 5.65. The Morgan fingerprint density at radius 3 is 2.56 bits per heavy atom. The Bertz CT molecular complexity index is 375. The van der Waals surface area contributed by atoms with Gasteiger partial charge < -0.3 is 14.8 Å². The van der Waals surface area contributed by atoms with E-state index in [-0.39, 0.29) is 5.60 Å². The summed E-state index contributed by atoms with van der Waals surface area (Å²) in [5.41, 5.74) is 2.32. The molecular weight excluding hydrogens is 226 g/mol. The summed E-state index contributed by atoms with van der Waals surface area (Å²) in [4.78, 5) is 0. The van der Waals surface area contributed by atoms with E-state index in [0.29, 0.717) is 0 Å². The molecule has 0 amide bonds. The zero-order valence-electron chi connectivity index (χ0n) is 12.2. The van der Waals surface area contributed by atoms with Crippen LogP contribution in [-0.2, 0) is 11.3 Å². The average molecular weight is 251 g/mol. The highest BCUT2D eigenvalue weighted by Gasteiger charge is 2.16. The first-order valence-electron chi connectivity index (χ1n) is 6.46. The summed E-state index contributed by atoms with van der Waals surface area (Å²) in [6, 6.07) is 6.26. The van der Waals surface area contributed by atoms with Crippen LogP contribution in [0.3, 0.4) is 0 Å². The fourth-order valence-corrected chi connectivity index (χ4v) is 2.00. The molecule has 0 atom stereocenters. The van der Waals surface area contributed by atoms with E-state index in [1.807, 2.05) is 13.0 Å². The lowest BCUT2D eigenvalue weighted by Gasteiger charge is -2.25. The van der Waals surface area contributed by atoms with Gasteiger partial charge in [-0.1, -0.05) is 12.1 Å². The monoisotopic (exact) mass is 251 g/mol. The molecule has 0 aromatic heterocycles. The molecule has 18 heavy (non-hydrogen) atoms. The van der Waals surface area contributed by atoms with Crippen molar-refractivity contribution >= 4 is 0 Å². The second kappa shape index (κ2) is 6.76. The predicted molar refractivity (Wildman–Crippen MR) is 75.1 cm³/mol. The van der Waals surface area contributed by atoms with Crippen molar-refractivity contribution < 1.29 is 9.47 Å². The predicted octanol–water partition coefficient (Wildman–Crippen LogP) is 2.91. The average Bonchev–Trinajstić information content (AvgIpc) is 2.29. The normalized spacial score (nSPS) is 11.6. The van der Waals surface area contributed by atoms with Crippen molar-refractivity contribution in [2.24, 2.45) is 0 Å². The minimum absolute atomic E-state index is 0.115. The summed E-state index contributed by atoms with van der Waals surface area (Å²) in [5, 5.41) is 3.43. The zero-order chi connectivity index (χ0) is 13.6. The van der Waals surface area contributed by atoms with E-state index in [4.69, 9.17) is 9.47 Å². The van der Waals surface area contributed by atoms with Crippen molar-refractivity contribution in [2.45, 2.75) is 39.8 Å². The lowest BCUT2D eigenvalue weighted by Crippen LogP contribution is -2.37. The largest absolute Gasteiger partial charge is 0.496 e. The van der Waals surface area contributed by atoms with Crippen molar-refractivity contribution in [3.63, 3.8) is 0 Å². The molecule has 3 heteroatoms. The van der Waals surface area contributed by atoms with E-state index in [2.05, 4.69) is 38.2 Å². The number of methoxy groups -OCH3 is 1. The molecule has 0 saturated carbocycles. The van der Waals surface area contributed by atoms with E-state index in [1.54, 1.807) is 7.11 Å². The molecule has 1 aromatic rings. The van der Waals surface area contributed by atoms with Gasteiger partial charge in [0.05, 0.1) is 12.7 Å². The smallest absolute Gasteiger partial charge is 0.121 e. The highest BCUT2D eigenvalue weighted by atomic mass is 16.5. The van der Waals surface area contributed by atoms with Crippen LogP contribution in [0.2, 0.25) is 0 Å². The quantitative estimate of drug-likeness (QED) is 0.808. The van der Waals surface area contributed by atoms with Crippen molar-refractivity contribution in [2.75, 3.05) is 20.3 Å². The summed E-state index contributed by atoms with van der Waals surface area (Å²) >= 11 is 0. The fourth-order valence-electron chi connectivity index (χ4n) is 2.00. The number of hydrogen-bond acceptors (Lipinski definition) is 3. The Labute approximate surface area is 110 Å². The zero-order valence-corrected chi connectivity index (χ0v) is 12.2. The van der Waals surface area contributed by atoms with E-state index in [9.17, 15) is 0 Å². The second-order valence-corrected chi connectivity index (χ2v) is 5.10. The maximum Gasteiger partial charge on any atom is 0.121 e. The molecule has 0 unspecified atom stereocenters. The molecule has 0 heterocycles. The van der Waals surface area contributed by atoms with E-state index in [0.717, 1.165) is 25.4 Å². The maximum absolute atomic E-state index is 5.65. The minimum Gasteiger partial charge on any atom is -0.496 e. The number of nitrogens with one attached hydrogen (secondary N) is 1. The van der Waals surface area contributed by atoms with Gasteiger partial charge in [0.25, 0.3) is 0 Å². The van der Waals surface area contributed by atoms with Crippen LogP contribution in [0.25, 0.3) is 0 Å². The number of ether oxygens (including phenoxy) is 2. The van der Waals surface area contributed by atoms with E-state index >= 15 is 0 Å². The highest BCUT2D eigenvalue weighted by molar-refractivity contribution is 5.36. The van der Waals surface area contributed by atoms with Gasteiger partial charge in [-0.05, 0) is 44.9 Å². The molecule has 0 aliphatic heterocycles. The molecule has 0 aliphatic carbocycles. The number of hydrogen-bond donors (Lipinski definition) is 1. The van der Waals surface area contributed by atoms with E-state index in [1.165, 1.54) is 11.1 Å². The Kier molecular flexibility index (Phi) is 5.63. The molecule has 1 N–H and O–H groups in total. The van der Waals surface area contributed by atoms with Crippen LogP contribution in [0, 0.1) is 6.92 Å². The van der Waals surface area contributed by atoms with Crippen molar-refractivity contribution in [3.8, 4) is 5.75 Å². The van der Waals surface area contributed by atoms with Crippen LogP contribution in [0.1, 0.15) is 31.9 Å². The summed E-state index contributed by atoms with van der Waals surface area (Å²) in [6.45, 7) is 10.7. The van der Waals surface area contributed by atoms with Crippen molar-refractivity contribution in [1.29, 1.82) is 0 Å². The molecule has 0 aliphatic rings. The third-order valence-electron chi connectivity index (χ3n) is 2.87. The van der Waals surface area contributed by atoms with Crippen LogP contribution >= 0.6 is 0 Å². The first-order chi connectivity index (χ1) is 8.48. The van der Waals surface area contributed by atoms with Gasteiger partial charge in [0.15, 0.2) is 0 Å². The molecule has 0 fully saturated rings. The Morgan fingerprint density at radius 1 is 1.28 bits per heavy atom. The van der Waals surface area contributed by atoms with Gasteiger partial charge in [0.1, 0.15) is 5.75 Å². The third kappa shape index (κ3) is 4.67. The lowest BCUT2D eigenvalue weighted by atomic mass is 10.1. The Balaban J connectivity index is 2.47. The van der Waals surface area contributed by atoms with Gasteiger partial charge >= 0.3 is 0 Å². The van der Waals surface area contributed by atoms with Crippen molar-refractivity contribution in [1.82, 2.24) is 5.32 Å². The molecule has 1 rings (SSSR count). The molecule has 0 bridgehead atoms. The summed E-state index contributed by atoms with van der Waals surface area (Å²) < 4.78 is 10.9.